The third-order valence-electron chi connectivity index (χ3n) is 5.84. The Morgan fingerprint density at radius 3 is 2.50 bits per heavy atom. The molecule has 182 valence electrons. The fourth-order valence-corrected chi connectivity index (χ4v) is 4.35. The van der Waals surface area contributed by atoms with Crippen LogP contribution in [0.3, 0.4) is 0 Å². The normalized spacial score (nSPS) is 16.2. The van der Waals surface area contributed by atoms with Gasteiger partial charge in [0.2, 0.25) is 11.8 Å². The van der Waals surface area contributed by atoms with Crippen molar-refractivity contribution in [1.82, 2.24) is 10.2 Å². The number of benzene rings is 2. The van der Waals surface area contributed by atoms with Crippen LogP contribution in [0.25, 0.3) is 0 Å². The van der Waals surface area contributed by atoms with Crippen LogP contribution in [-0.4, -0.2) is 48.5 Å². The molecule has 1 heterocycles. The van der Waals surface area contributed by atoms with Gasteiger partial charge >= 0.3 is 5.97 Å². The van der Waals surface area contributed by atoms with E-state index in [1.54, 1.807) is 18.2 Å². The van der Waals surface area contributed by atoms with Crippen molar-refractivity contribution in [3.8, 4) is 5.75 Å². The zero-order chi connectivity index (χ0) is 24.8. The van der Waals surface area contributed by atoms with Gasteiger partial charge in [0.15, 0.2) is 0 Å². The first kappa shape index (κ1) is 25.1. The molecule has 1 aliphatic heterocycles. The lowest BCUT2D eigenvalue weighted by Gasteiger charge is -2.37. The van der Waals surface area contributed by atoms with Crippen molar-refractivity contribution in [2.24, 2.45) is 5.92 Å². The van der Waals surface area contributed by atoms with Crippen LogP contribution in [0.1, 0.15) is 44.4 Å². The Morgan fingerprint density at radius 1 is 1.18 bits per heavy atom. The summed E-state index contributed by atoms with van der Waals surface area (Å²) in [5.41, 5.74) is 8.18. The minimum Gasteiger partial charge on any atom is -0.491 e. The van der Waals surface area contributed by atoms with Crippen molar-refractivity contribution in [1.29, 1.82) is 0 Å². The zero-order valence-corrected chi connectivity index (χ0v) is 20.1. The number of fused-ring (bicyclic) bond motifs is 1. The fourth-order valence-electron chi connectivity index (χ4n) is 4.35. The quantitative estimate of drug-likeness (QED) is 0.433. The van der Waals surface area contributed by atoms with Crippen LogP contribution < -0.4 is 15.8 Å². The molecule has 0 fully saturated rings. The van der Waals surface area contributed by atoms with Gasteiger partial charge in [-0.25, -0.2) is 4.79 Å². The zero-order valence-electron chi connectivity index (χ0n) is 20.1. The Balaban J connectivity index is 2.07. The number of rotatable bonds is 9. The molecule has 0 bridgehead atoms. The van der Waals surface area contributed by atoms with E-state index in [1.165, 1.54) is 18.9 Å². The summed E-state index contributed by atoms with van der Waals surface area (Å²) in [4.78, 5) is 40.7. The minimum atomic E-state index is -0.871. The highest BCUT2D eigenvalue weighted by molar-refractivity contribution is 5.91. The van der Waals surface area contributed by atoms with Crippen LogP contribution in [0.4, 0.5) is 5.69 Å². The molecule has 3 atom stereocenters. The molecule has 1 unspecified atom stereocenters. The van der Waals surface area contributed by atoms with Gasteiger partial charge in [-0.2, -0.15) is 0 Å². The highest BCUT2D eigenvalue weighted by Crippen LogP contribution is 2.39. The second kappa shape index (κ2) is 11.0. The highest BCUT2D eigenvalue weighted by atomic mass is 16.5. The third kappa shape index (κ3) is 5.87. The summed E-state index contributed by atoms with van der Waals surface area (Å²) in [7, 11) is 1.31. The number of carbonyl (C=O) groups is 3. The molecule has 34 heavy (non-hydrogen) atoms. The van der Waals surface area contributed by atoms with E-state index in [4.69, 9.17) is 15.2 Å². The summed E-state index contributed by atoms with van der Waals surface area (Å²) in [5.74, 6) is -0.501. The number of nitrogens with two attached hydrogens (primary N) is 1. The number of hydrogen-bond donors (Lipinski definition) is 2. The molecule has 1 aliphatic rings. The highest BCUT2D eigenvalue weighted by Gasteiger charge is 2.43. The van der Waals surface area contributed by atoms with E-state index < -0.39 is 24.1 Å². The Labute approximate surface area is 200 Å². The molecule has 3 N–H and O–H groups in total. The largest absolute Gasteiger partial charge is 0.491 e. The predicted molar refractivity (Wildman–Crippen MR) is 129 cm³/mol. The first-order valence-corrected chi connectivity index (χ1v) is 11.4. The summed E-state index contributed by atoms with van der Waals surface area (Å²) in [6.45, 7) is 5.50. The molecular formula is C26H33N3O5. The van der Waals surface area contributed by atoms with Gasteiger partial charge in [-0.1, -0.05) is 44.2 Å². The molecule has 0 saturated heterocycles. The van der Waals surface area contributed by atoms with Gasteiger partial charge in [0, 0.05) is 24.6 Å². The lowest BCUT2D eigenvalue weighted by molar-refractivity contribution is -0.157. The van der Waals surface area contributed by atoms with Crippen LogP contribution in [-0.2, 0) is 25.5 Å². The van der Waals surface area contributed by atoms with Crippen molar-refractivity contribution in [2.75, 3.05) is 19.5 Å². The fraction of sp³-hybridized carbons (Fsp3) is 0.423. The smallest absolute Gasteiger partial charge is 0.328 e. The number of ether oxygens (including phenoxy) is 2. The average molecular weight is 468 g/mol. The number of amides is 2. The Kier molecular flexibility index (Phi) is 8.15. The van der Waals surface area contributed by atoms with Gasteiger partial charge in [-0.3, -0.25) is 9.59 Å². The molecule has 0 aliphatic carbocycles. The second-order valence-electron chi connectivity index (χ2n) is 8.98. The van der Waals surface area contributed by atoms with Crippen LogP contribution in [0.2, 0.25) is 0 Å². The Bertz CT molecular complexity index is 1020. The maximum Gasteiger partial charge on any atom is 0.328 e. The van der Waals surface area contributed by atoms with E-state index >= 15 is 0 Å². The molecule has 3 rings (SSSR count). The first-order chi connectivity index (χ1) is 16.2. The van der Waals surface area contributed by atoms with E-state index in [0.29, 0.717) is 17.9 Å². The number of hydrogen-bond acceptors (Lipinski definition) is 6. The number of esters is 1. The number of nitrogen functional groups attached to an aromatic ring is 1. The van der Waals surface area contributed by atoms with Crippen molar-refractivity contribution in [3.05, 3.63) is 59.7 Å². The summed E-state index contributed by atoms with van der Waals surface area (Å²) >= 11 is 0. The van der Waals surface area contributed by atoms with E-state index in [1.807, 2.05) is 44.2 Å². The van der Waals surface area contributed by atoms with Crippen LogP contribution >= 0.6 is 0 Å². The molecule has 0 spiro atoms. The third-order valence-corrected chi connectivity index (χ3v) is 5.84. The van der Waals surface area contributed by atoms with Crippen molar-refractivity contribution < 1.29 is 23.9 Å². The summed E-state index contributed by atoms with van der Waals surface area (Å²) in [6.07, 6.45) is 0.674. The van der Waals surface area contributed by atoms with E-state index in [9.17, 15) is 14.4 Å². The van der Waals surface area contributed by atoms with Crippen molar-refractivity contribution in [2.45, 2.75) is 51.7 Å². The van der Waals surface area contributed by atoms with Crippen molar-refractivity contribution in [3.63, 3.8) is 0 Å². The van der Waals surface area contributed by atoms with Crippen molar-refractivity contribution >= 4 is 23.5 Å². The maximum absolute atomic E-state index is 14.1. The second-order valence-corrected chi connectivity index (χ2v) is 8.98. The van der Waals surface area contributed by atoms with Gasteiger partial charge < -0.3 is 25.4 Å². The molecular weight excluding hydrogens is 434 g/mol. The first-order valence-electron chi connectivity index (χ1n) is 11.4. The predicted octanol–water partition coefficient (Wildman–Crippen LogP) is 2.87. The average Bonchev–Trinajstić information content (AvgIpc) is 3.20. The molecule has 2 amide bonds. The number of nitrogens with zero attached hydrogens (tertiary/aromatic N) is 1. The summed E-state index contributed by atoms with van der Waals surface area (Å²) in [6, 6.07) is 12.4. The van der Waals surface area contributed by atoms with Crippen LogP contribution in [0.15, 0.2) is 48.5 Å². The summed E-state index contributed by atoms with van der Waals surface area (Å²) in [5, 5.41) is 2.78. The van der Waals surface area contributed by atoms with Gasteiger partial charge in [-0.05, 0) is 36.1 Å². The maximum atomic E-state index is 14.1. The summed E-state index contributed by atoms with van der Waals surface area (Å²) < 4.78 is 11.0. The van der Waals surface area contributed by atoms with Gasteiger partial charge in [-0.15, -0.1) is 0 Å². The minimum absolute atomic E-state index is 0.107. The molecule has 0 aromatic heterocycles. The van der Waals surface area contributed by atoms with E-state index in [2.05, 4.69) is 5.32 Å². The Morgan fingerprint density at radius 2 is 1.88 bits per heavy atom. The number of methoxy groups -OCH3 is 1. The molecule has 0 radical (unpaired) electrons. The SMILES string of the molecule is COC(=O)[C@H](CC(C)C)N(C(=O)C(Cc1ccccc1)NC(C)=O)[C@@H]1COc2ccc(N)cc21. The van der Waals surface area contributed by atoms with Gasteiger partial charge in [0.25, 0.3) is 0 Å². The number of carbonyl (C=O) groups excluding carboxylic acids is 3. The molecule has 8 heteroatoms. The lowest BCUT2D eigenvalue weighted by atomic mass is 9.95. The van der Waals surface area contributed by atoms with E-state index in [-0.39, 0.29) is 30.8 Å². The number of nitrogens with one attached hydrogen (secondary N) is 1. The molecule has 0 saturated carbocycles. The topological polar surface area (TPSA) is 111 Å². The van der Waals surface area contributed by atoms with Gasteiger partial charge in [0.1, 0.15) is 24.4 Å². The lowest BCUT2D eigenvalue weighted by Crippen LogP contribution is -2.56. The monoisotopic (exact) mass is 467 g/mol. The molecule has 2 aromatic rings. The molecule has 8 nitrogen and oxygen atoms in total. The Hall–Kier alpha value is -3.55. The standard InChI is InChI=1S/C26H33N3O5/c1-16(2)12-22(26(32)33-4)29(23-15-34-24-11-10-19(27)14-20(23)24)25(31)21(28-17(3)30)13-18-8-6-5-7-9-18/h5-11,14,16,21-23H,12-13,15,27H2,1-4H3,(H,28,30)/t21?,22-,23+/m0/s1. The van der Waals surface area contributed by atoms with Crippen LogP contribution in [0, 0.1) is 5.92 Å². The van der Waals surface area contributed by atoms with Crippen LogP contribution in [0.5, 0.6) is 5.75 Å². The number of anilines is 1. The van der Waals surface area contributed by atoms with Gasteiger partial charge in [0.05, 0.1) is 13.2 Å². The van der Waals surface area contributed by atoms with E-state index in [0.717, 1.165) is 11.1 Å². The molecule has 2 aromatic carbocycles.